The van der Waals surface area contributed by atoms with E-state index in [-0.39, 0.29) is 29.2 Å². The molecule has 0 aliphatic carbocycles. The molecular formula is C23H30N6O4S. The van der Waals surface area contributed by atoms with Crippen molar-refractivity contribution in [3.63, 3.8) is 0 Å². The number of fused-ring (bicyclic) bond motifs is 1. The van der Waals surface area contributed by atoms with E-state index in [1.165, 1.54) is 18.4 Å². The van der Waals surface area contributed by atoms with E-state index in [1.807, 2.05) is 18.5 Å². The van der Waals surface area contributed by atoms with Crippen LogP contribution in [0, 0.1) is 5.41 Å². The lowest BCUT2D eigenvalue weighted by Gasteiger charge is -2.32. The Balaban J connectivity index is 1.61. The summed E-state index contributed by atoms with van der Waals surface area (Å²) >= 11 is 1.53. The molecule has 4 heterocycles. The number of nitrogens with zero attached hydrogens (tertiary/aromatic N) is 5. The summed E-state index contributed by atoms with van der Waals surface area (Å²) in [5.41, 5.74) is 0.915. The van der Waals surface area contributed by atoms with Gasteiger partial charge in [0, 0.05) is 36.8 Å². The van der Waals surface area contributed by atoms with Crippen molar-refractivity contribution in [3.05, 3.63) is 29.5 Å². The van der Waals surface area contributed by atoms with E-state index in [0.717, 1.165) is 10.4 Å². The Hall–Kier alpha value is -3.21. The van der Waals surface area contributed by atoms with E-state index in [0.29, 0.717) is 37.6 Å². The highest BCUT2D eigenvalue weighted by molar-refractivity contribution is 7.16. The molecule has 34 heavy (non-hydrogen) atoms. The second kappa shape index (κ2) is 9.57. The van der Waals surface area contributed by atoms with Gasteiger partial charge in [-0.15, -0.1) is 11.3 Å². The number of piperidine rings is 1. The van der Waals surface area contributed by atoms with Gasteiger partial charge in [0.1, 0.15) is 16.6 Å². The van der Waals surface area contributed by atoms with Crippen LogP contribution in [0.5, 0.6) is 5.88 Å². The lowest BCUT2D eigenvalue weighted by molar-refractivity contribution is 0.0694. The van der Waals surface area contributed by atoms with E-state index < -0.39 is 6.09 Å². The molecule has 1 atom stereocenters. The van der Waals surface area contributed by atoms with Gasteiger partial charge in [0.2, 0.25) is 5.88 Å². The molecule has 1 aliphatic rings. The van der Waals surface area contributed by atoms with Gasteiger partial charge in [-0.05, 0) is 25.2 Å². The summed E-state index contributed by atoms with van der Waals surface area (Å²) in [5, 5.41) is 9.09. The van der Waals surface area contributed by atoms with Crippen LogP contribution in [0.25, 0.3) is 16.2 Å². The number of thiazole rings is 1. The topological polar surface area (TPSA) is 111 Å². The molecule has 10 nitrogen and oxygen atoms in total. The zero-order valence-corrected chi connectivity index (χ0v) is 20.9. The maximum Gasteiger partial charge on any atom is 0.407 e. The monoisotopic (exact) mass is 486 g/mol. The van der Waals surface area contributed by atoms with Crippen LogP contribution in [0.3, 0.4) is 0 Å². The van der Waals surface area contributed by atoms with Crippen LogP contribution in [-0.4, -0.2) is 68.8 Å². The maximum absolute atomic E-state index is 13.4. The number of aromatic nitrogens is 4. The predicted molar refractivity (Wildman–Crippen MR) is 128 cm³/mol. The van der Waals surface area contributed by atoms with Gasteiger partial charge in [-0.3, -0.25) is 4.79 Å². The fourth-order valence-electron chi connectivity index (χ4n) is 3.57. The summed E-state index contributed by atoms with van der Waals surface area (Å²) in [6.07, 6.45) is 4.26. The zero-order chi connectivity index (χ0) is 24.5. The predicted octanol–water partition coefficient (Wildman–Crippen LogP) is 3.63. The van der Waals surface area contributed by atoms with E-state index in [9.17, 15) is 9.59 Å². The Morgan fingerprint density at radius 2 is 1.97 bits per heavy atom. The molecule has 2 amide bonds. The molecule has 0 saturated carbocycles. The van der Waals surface area contributed by atoms with Crippen molar-refractivity contribution in [1.29, 1.82) is 0 Å². The number of nitrogens with one attached hydrogen (secondary N) is 1. The van der Waals surface area contributed by atoms with Gasteiger partial charge in [0.05, 0.1) is 18.9 Å². The number of ether oxygens (including phenoxy) is 2. The summed E-state index contributed by atoms with van der Waals surface area (Å²) in [7, 11) is 1.34. The van der Waals surface area contributed by atoms with Crippen molar-refractivity contribution in [2.75, 3.05) is 20.2 Å². The van der Waals surface area contributed by atoms with E-state index in [1.54, 1.807) is 21.7 Å². The van der Waals surface area contributed by atoms with Crippen LogP contribution in [0.2, 0.25) is 0 Å². The minimum Gasteiger partial charge on any atom is -0.474 e. The first kappa shape index (κ1) is 23.9. The number of carbonyl (C=O) groups is 2. The van der Waals surface area contributed by atoms with Crippen LogP contribution >= 0.6 is 11.3 Å². The Bertz CT molecular complexity index is 1180. The highest BCUT2D eigenvalue weighted by Crippen LogP contribution is 2.29. The normalized spacial score (nSPS) is 15.9. The van der Waals surface area contributed by atoms with Crippen LogP contribution in [0.4, 0.5) is 4.79 Å². The van der Waals surface area contributed by atoms with E-state index >= 15 is 0 Å². The van der Waals surface area contributed by atoms with Crippen molar-refractivity contribution >= 4 is 28.2 Å². The van der Waals surface area contributed by atoms with Gasteiger partial charge in [-0.1, -0.05) is 20.8 Å². The molecule has 0 bridgehead atoms. The van der Waals surface area contributed by atoms with Gasteiger partial charge in [0.15, 0.2) is 5.82 Å². The Morgan fingerprint density at radius 1 is 1.24 bits per heavy atom. The minimum atomic E-state index is -0.457. The summed E-state index contributed by atoms with van der Waals surface area (Å²) in [6.45, 7) is 9.26. The number of methoxy groups -OCH3 is 1. The van der Waals surface area contributed by atoms with Crippen molar-refractivity contribution in [1.82, 2.24) is 29.8 Å². The van der Waals surface area contributed by atoms with Crippen molar-refractivity contribution in [2.24, 2.45) is 5.41 Å². The first-order valence-corrected chi connectivity index (χ1v) is 12.1. The standard InChI is InChI=1S/C23H30N6O4S/c1-14(23(2,3)4)33-18-12-17(20(30)28-8-6-15(7-9-28)25-22(31)32-5)26-19(27-18)16-13-24-29-10-11-34-21(16)29/h10-15H,6-9H2,1-5H3,(H,25,31). The molecular weight excluding hydrogens is 456 g/mol. The van der Waals surface area contributed by atoms with E-state index in [4.69, 9.17) is 4.74 Å². The second-order valence-electron chi connectivity index (χ2n) is 9.45. The quantitative estimate of drug-likeness (QED) is 0.586. The largest absolute Gasteiger partial charge is 0.474 e. The van der Waals surface area contributed by atoms with Crippen LogP contribution < -0.4 is 10.1 Å². The molecule has 1 unspecified atom stereocenters. The molecule has 11 heteroatoms. The van der Waals surface area contributed by atoms with Gasteiger partial charge in [-0.2, -0.15) is 10.1 Å². The molecule has 1 aliphatic heterocycles. The summed E-state index contributed by atoms with van der Waals surface area (Å²) in [5.74, 6) is 0.568. The average Bonchev–Trinajstić information content (AvgIpc) is 3.42. The highest BCUT2D eigenvalue weighted by atomic mass is 32.1. The first-order valence-electron chi connectivity index (χ1n) is 11.3. The molecule has 0 radical (unpaired) electrons. The maximum atomic E-state index is 13.4. The number of rotatable bonds is 5. The fourth-order valence-corrected chi connectivity index (χ4v) is 4.36. The number of carbonyl (C=O) groups excluding carboxylic acids is 2. The molecule has 1 N–H and O–H groups in total. The van der Waals surface area contributed by atoms with Crippen molar-refractivity contribution in [3.8, 4) is 17.3 Å². The third-order valence-corrected chi connectivity index (χ3v) is 6.99. The third kappa shape index (κ3) is 5.14. The van der Waals surface area contributed by atoms with Crippen LogP contribution in [-0.2, 0) is 4.74 Å². The Labute approximate surface area is 202 Å². The van der Waals surface area contributed by atoms with Gasteiger partial charge < -0.3 is 19.7 Å². The summed E-state index contributed by atoms with van der Waals surface area (Å²) < 4.78 is 12.6. The van der Waals surface area contributed by atoms with Gasteiger partial charge in [-0.25, -0.2) is 14.3 Å². The lowest BCUT2D eigenvalue weighted by Crippen LogP contribution is -2.46. The third-order valence-electron chi connectivity index (χ3n) is 6.10. The molecule has 182 valence electrons. The van der Waals surface area contributed by atoms with E-state index in [2.05, 4.69) is 45.9 Å². The second-order valence-corrected chi connectivity index (χ2v) is 10.3. The molecule has 3 aromatic rings. The van der Waals surface area contributed by atoms with Gasteiger partial charge in [0.25, 0.3) is 5.91 Å². The highest BCUT2D eigenvalue weighted by Gasteiger charge is 2.28. The molecule has 1 fully saturated rings. The van der Waals surface area contributed by atoms with Crippen molar-refractivity contribution in [2.45, 2.75) is 52.7 Å². The number of hydrogen-bond acceptors (Lipinski definition) is 8. The number of alkyl carbamates (subject to hydrolysis) is 1. The van der Waals surface area contributed by atoms with Gasteiger partial charge >= 0.3 is 6.09 Å². The minimum absolute atomic E-state index is 0.0245. The van der Waals surface area contributed by atoms with Crippen LogP contribution in [0.15, 0.2) is 23.8 Å². The lowest BCUT2D eigenvalue weighted by atomic mass is 9.90. The SMILES string of the molecule is COC(=O)NC1CCN(C(=O)c2cc(OC(C)C(C)(C)C)nc(-c3cnn4ccsc34)n2)CC1. The first-order chi connectivity index (χ1) is 16.2. The summed E-state index contributed by atoms with van der Waals surface area (Å²) in [6, 6.07) is 1.59. The smallest absolute Gasteiger partial charge is 0.407 e. The van der Waals surface area contributed by atoms with Crippen molar-refractivity contribution < 1.29 is 19.1 Å². The zero-order valence-electron chi connectivity index (χ0n) is 20.1. The molecule has 0 aromatic carbocycles. The average molecular weight is 487 g/mol. The molecule has 1 saturated heterocycles. The fraction of sp³-hybridized carbons (Fsp3) is 0.522. The number of hydrogen-bond donors (Lipinski definition) is 1. The summed E-state index contributed by atoms with van der Waals surface area (Å²) in [4.78, 5) is 36.8. The molecule has 4 rings (SSSR count). The molecule has 3 aromatic heterocycles. The number of amides is 2. The number of likely N-dealkylation sites (tertiary alicyclic amines) is 1. The van der Waals surface area contributed by atoms with Crippen LogP contribution in [0.1, 0.15) is 51.0 Å². The Morgan fingerprint density at radius 3 is 2.65 bits per heavy atom. The molecule has 0 spiro atoms. The Kier molecular flexibility index (Phi) is 6.74.